The molecule has 1 aromatic heterocycles. The molecule has 1 amide bonds. The van der Waals surface area contributed by atoms with Crippen molar-refractivity contribution >= 4 is 23.3 Å². The number of amides is 1. The number of hydrogen-bond donors (Lipinski definition) is 1. The molecule has 0 saturated heterocycles. The van der Waals surface area contributed by atoms with Crippen LogP contribution in [-0.2, 0) is 6.61 Å². The lowest BCUT2D eigenvalue weighted by molar-refractivity contribution is 0.150. The molecule has 3 rings (SSSR count). The highest BCUT2D eigenvalue weighted by Crippen LogP contribution is 2.25. The lowest BCUT2D eigenvalue weighted by atomic mass is 10.0. The summed E-state index contributed by atoms with van der Waals surface area (Å²) in [6, 6.07) is 6.86. The molecule has 0 saturated carbocycles. The number of hydrogen-bond acceptors (Lipinski definition) is 3. The zero-order valence-corrected chi connectivity index (χ0v) is 14.3. The summed E-state index contributed by atoms with van der Waals surface area (Å²) in [4.78, 5) is 16.4. The number of carboxylic acid groups (broad SMARTS) is 1. The molecule has 1 N–H and O–H groups in total. The minimum atomic E-state index is -0.985. The first kappa shape index (κ1) is 18.1. The first-order chi connectivity index (χ1) is 12.4. The number of halogens is 3. The number of aromatic nitrogens is 1. The maximum Gasteiger partial charge on any atom is 0.407 e. The standard InChI is InChI=1S/C18H15ClF2N2O3/c19-13-2-1-12(15(21)9-13)10-26-17-14(20)3-4-16(22-17)11-5-7-23(8-6-11)18(24)25/h1-5,9H,6-8,10H2,(H,24,25). The largest absolute Gasteiger partial charge is 0.471 e. The van der Waals surface area contributed by atoms with E-state index in [9.17, 15) is 13.6 Å². The van der Waals surface area contributed by atoms with Gasteiger partial charge in [0.25, 0.3) is 5.88 Å². The molecule has 1 aliphatic heterocycles. The van der Waals surface area contributed by atoms with E-state index in [0.29, 0.717) is 18.7 Å². The molecule has 8 heteroatoms. The average Bonchev–Trinajstić information content (AvgIpc) is 2.62. The van der Waals surface area contributed by atoms with Gasteiger partial charge in [-0.15, -0.1) is 0 Å². The zero-order chi connectivity index (χ0) is 18.7. The van der Waals surface area contributed by atoms with Crippen LogP contribution in [0.15, 0.2) is 36.4 Å². The van der Waals surface area contributed by atoms with E-state index in [1.165, 1.54) is 29.2 Å². The first-order valence-electron chi connectivity index (χ1n) is 7.84. The Morgan fingerprint density at radius 1 is 1.27 bits per heavy atom. The lowest BCUT2D eigenvalue weighted by Crippen LogP contribution is -2.33. The maximum absolute atomic E-state index is 14.0. The highest BCUT2D eigenvalue weighted by molar-refractivity contribution is 6.30. The van der Waals surface area contributed by atoms with Gasteiger partial charge in [0.05, 0.1) is 5.69 Å². The zero-order valence-electron chi connectivity index (χ0n) is 13.6. The Balaban J connectivity index is 1.75. The Kier molecular flexibility index (Phi) is 5.37. The van der Waals surface area contributed by atoms with Crippen molar-refractivity contribution in [2.45, 2.75) is 13.0 Å². The van der Waals surface area contributed by atoms with E-state index >= 15 is 0 Å². The molecule has 0 aliphatic carbocycles. The van der Waals surface area contributed by atoms with Crippen molar-refractivity contribution in [2.75, 3.05) is 13.1 Å². The summed E-state index contributed by atoms with van der Waals surface area (Å²) < 4.78 is 33.1. The van der Waals surface area contributed by atoms with Crippen LogP contribution in [0, 0.1) is 11.6 Å². The molecule has 0 spiro atoms. The third-order valence-corrected chi connectivity index (χ3v) is 4.24. The number of nitrogens with zero attached hydrogens (tertiary/aromatic N) is 2. The van der Waals surface area contributed by atoms with Crippen molar-refractivity contribution < 1.29 is 23.4 Å². The van der Waals surface area contributed by atoms with E-state index in [0.717, 1.165) is 11.6 Å². The second-order valence-electron chi connectivity index (χ2n) is 5.72. The predicted octanol–water partition coefficient (Wildman–Crippen LogP) is 4.36. The van der Waals surface area contributed by atoms with Gasteiger partial charge in [-0.1, -0.05) is 23.7 Å². The molecule has 0 bridgehead atoms. The SMILES string of the molecule is O=C(O)N1CC=C(c2ccc(F)c(OCc3ccc(Cl)cc3F)n2)CC1. The Morgan fingerprint density at radius 3 is 2.73 bits per heavy atom. The van der Waals surface area contributed by atoms with Gasteiger partial charge in [-0.3, -0.25) is 0 Å². The summed E-state index contributed by atoms with van der Waals surface area (Å²) in [5.74, 6) is -1.44. The molecular weight excluding hydrogens is 366 g/mol. The second-order valence-corrected chi connectivity index (χ2v) is 6.15. The number of carbonyl (C=O) groups is 1. The van der Waals surface area contributed by atoms with Crippen LogP contribution in [0.3, 0.4) is 0 Å². The lowest BCUT2D eigenvalue weighted by Gasteiger charge is -2.23. The van der Waals surface area contributed by atoms with Crippen molar-refractivity contribution in [3.63, 3.8) is 0 Å². The number of benzene rings is 1. The topological polar surface area (TPSA) is 62.7 Å². The highest BCUT2D eigenvalue weighted by atomic mass is 35.5. The van der Waals surface area contributed by atoms with Crippen LogP contribution in [0.25, 0.3) is 5.57 Å². The van der Waals surface area contributed by atoms with E-state index < -0.39 is 17.7 Å². The molecule has 1 aliphatic rings. The number of pyridine rings is 1. The Labute approximate surface area is 153 Å². The van der Waals surface area contributed by atoms with E-state index in [1.54, 1.807) is 6.08 Å². The normalized spacial score (nSPS) is 14.1. The van der Waals surface area contributed by atoms with Crippen LogP contribution < -0.4 is 4.74 Å². The highest BCUT2D eigenvalue weighted by Gasteiger charge is 2.18. The second kappa shape index (κ2) is 7.70. The minimum Gasteiger partial charge on any atom is -0.471 e. The fraction of sp³-hybridized carbons (Fsp3) is 0.222. The van der Waals surface area contributed by atoms with Gasteiger partial charge < -0.3 is 14.7 Å². The monoisotopic (exact) mass is 380 g/mol. The van der Waals surface area contributed by atoms with Gasteiger partial charge in [0.15, 0.2) is 5.82 Å². The van der Waals surface area contributed by atoms with Gasteiger partial charge in [-0.25, -0.2) is 18.6 Å². The maximum atomic E-state index is 14.0. The van der Waals surface area contributed by atoms with Crippen molar-refractivity contribution in [1.29, 1.82) is 0 Å². The molecule has 5 nitrogen and oxygen atoms in total. The fourth-order valence-corrected chi connectivity index (χ4v) is 2.72. The Morgan fingerprint density at radius 2 is 2.08 bits per heavy atom. The van der Waals surface area contributed by atoms with Crippen LogP contribution in [0.4, 0.5) is 13.6 Å². The van der Waals surface area contributed by atoms with Gasteiger partial charge in [0.2, 0.25) is 0 Å². The molecule has 2 aromatic rings. The molecule has 26 heavy (non-hydrogen) atoms. The van der Waals surface area contributed by atoms with E-state index in [2.05, 4.69) is 4.98 Å². The summed E-state index contributed by atoms with van der Waals surface area (Å²) in [5.41, 5.74) is 1.54. The van der Waals surface area contributed by atoms with Crippen LogP contribution in [0.1, 0.15) is 17.7 Å². The van der Waals surface area contributed by atoms with E-state index in [-0.39, 0.29) is 29.6 Å². The third kappa shape index (κ3) is 4.11. The minimum absolute atomic E-state index is 0.192. The molecule has 0 radical (unpaired) electrons. The van der Waals surface area contributed by atoms with Crippen molar-refractivity contribution in [3.05, 3.63) is 64.3 Å². The van der Waals surface area contributed by atoms with Gasteiger partial charge in [0.1, 0.15) is 12.4 Å². The quantitative estimate of drug-likeness (QED) is 0.856. The van der Waals surface area contributed by atoms with Gasteiger partial charge in [-0.05, 0) is 36.3 Å². The molecule has 1 aromatic carbocycles. The van der Waals surface area contributed by atoms with Crippen molar-refractivity contribution in [3.8, 4) is 5.88 Å². The van der Waals surface area contributed by atoms with Gasteiger partial charge in [-0.2, -0.15) is 0 Å². The first-order valence-corrected chi connectivity index (χ1v) is 8.22. The Hall–Kier alpha value is -2.67. The molecule has 0 fully saturated rings. The summed E-state index contributed by atoms with van der Waals surface area (Å²) in [6.07, 6.45) is 1.22. The van der Waals surface area contributed by atoms with Crippen LogP contribution in [-0.4, -0.2) is 34.2 Å². The van der Waals surface area contributed by atoms with Crippen LogP contribution >= 0.6 is 11.6 Å². The van der Waals surface area contributed by atoms with Crippen molar-refractivity contribution in [2.24, 2.45) is 0 Å². The summed E-state index contributed by atoms with van der Waals surface area (Å²) >= 11 is 5.70. The molecule has 2 heterocycles. The third-order valence-electron chi connectivity index (χ3n) is 4.00. The van der Waals surface area contributed by atoms with E-state index in [1.807, 2.05) is 0 Å². The number of ether oxygens (including phenoxy) is 1. The van der Waals surface area contributed by atoms with Gasteiger partial charge in [0, 0.05) is 23.7 Å². The summed E-state index contributed by atoms with van der Waals surface area (Å²) in [5, 5.41) is 9.23. The fourth-order valence-electron chi connectivity index (χ4n) is 2.56. The predicted molar refractivity (Wildman–Crippen MR) is 92.1 cm³/mol. The van der Waals surface area contributed by atoms with Gasteiger partial charge >= 0.3 is 6.09 Å². The Bertz CT molecular complexity index is 874. The summed E-state index contributed by atoms with van der Waals surface area (Å²) in [6.45, 7) is 0.393. The number of rotatable bonds is 4. The van der Waals surface area contributed by atoms with E-state index in [4.69, 9.17) is 21.4 Å². The van der Waals surface area contributed by atoms with Crippen LogP contribution in [0.2, 0.25) is 5.02 Å². The molecule has 136 valence electrons. The van der Waals surface area contributed by atoms with Crippen LogP contribution in [0.5, 0.6) is 5.88 Å². The average molecular weight is 381 g/mol. The molecular formula is C18H15ClF2N2O3. The molecule has 0 unspecified atom stereocenters. The molecule has 0 atom stereocenters. The van der Waals surface area contributed by atoms with Crippen molar-refractivity contribution in [1.82, 2.24) is 9.88 Å². The summed E-state index contributed by atoms with van der Waals surface area (Å²) in [7, 11) is 0. The smallest absolute Gasteiger partial charge is 0.407 e.